The number of amides is 1. The van der Waals surface area contributed by atoms with Crippen molar-refractivity contribution < 1.29 is 9.53 Å². The number of nitrogens with one attached hydrogen (secondary N) is 1. The molecule has 1 aromatic carbocycles. The molecule has 0 aliphatic carbocycles. The van der Waals surface area contributed by atoms with Crippen LogP contribution in [0.1, 0.15) is 6.92 Å². The van der Waals surface area contributed by atoms with Gasteiger partial charge in [-0.25, -0.2) is 4.79 Å². The average Bonchev–Trinajstić information content (AvgIpc) is 2.73. The van der Waals surface area contributed by atoms with Crippen LogP contribution in [0.25, 0.3) is 0 Å². The third-order valence-corrected chi connectivity index (χ3v) is 2.68. The fraction of sp³-hybridized carbons (Fsp3) is 0.417. The molecule has 1 aliphatic rings. The molecule has 1 N–H and O–H groups in total. The van der Waals surface area contributed by atoms with Crippen LogP contribution >= 0.6 is 0 Å². The van der Waals surface area contributed by atoms with Gasteiger partial charge in [0, 0.05) is 18.8 Å². The van der Waals surface area contributed by atoms with Gasteiger partial charge >= 0.3 is 6.09 Å². The lowest BCUT2D eigenvalue weighted by Gasteiger charge is -2.25. The summed E-state index contributed by atoms with van der Waals surface area (Å²) in [6.45, 7) is 4.26. The second kappa shape index (κ2) is 4.88. The molecule has 0 radical (unpaired) electrons. The van der Waals surface area contributed by atoms with E-state index in [0.29, 0.717) is 6.61 Å². The van der Waals surface area contributed by atoms with Gasteiger partial charge in [0.1, 0.15) is 6.61 Å². The van der Waals surface area contributed by atoms with E-state index in [2.05, 4.69) is 29.3 Å². The maximum atomic E-state index is 10.9. The maximum absolute atomic E-state index is 10.9. The van der Waals surface area contributed by atoms with Gasteiger partial charge in [0.2, 0.25) is 0 Å². The molecule has 1 aromatic rings. The van der Waals surface area contributed by atoms with Crippen LogP contribution in [0.15, 0.2) is 30.3 Å². The monoisotopic (exact) mass is 220 g/mol. The second-order valence-corrected chi connectivity index (χ2v) is 3.81. The second-order valence-electron chi connectivity index (χ2n) is 3.81. The summed E-state index contributed by atoms with van der Waals surface area (Å²) in [7, 11) is 0. The van der Waals surface area contributed by atoms with E-state index < -0.39 is 0 Å². The van der Waals surface area contributed by atoms with Gasteiger partial charge in [0.25, 0.3) is 0 Å². The number of likely N-dealkylation sites (N-methyl/N-ethyl adjacent to an activating group) is 1. The summed E-state index contributed by atoms with van der Waals surface area (Å²) in [6.07, 6.45) is -0.311. The largest absolute Gasteiger partial charge is 0.447 e. The smallest absolute Gasteiger partial charge is 0.407 e. The van der Waals surface area contributed by atoms with Crippen LogP contribution in [0.5, 0.6) is 0 Å². The number of rotatable bonds is 4. The highest BCUT2D eigenvalue weighted by atomic mass is 16.6. The zero-order valence-corrected chi connectivity index (χ0v) is 9.35. The molecule has 0 aromatic heterocycles. The first-order valence-corrected chi connectivity index (χ1v) is 5.53. The minimum atomic E-state index is -0.311. The van der Waals surface area contributed by atoms with Crippen LogP contribution in [0, 0.1) is 0 Å². The molecule has 1 fully saturated rings. The lowest BCUT2D eigenvalue weighted by molar-refractivity contribution is 0.177. The predicted octanol–water partition coefficient (Wildman–Crippen LogP) is 1.62. The maximum Gasteiger partial charge on any atom is 0.407 e. The fourth-order valence-corrected chi connectivity index (χ4v) is 1.85. The number of alkyl carbamates (subject to hydrolysis) is 1. The molecule has 4 nitrogen and oxygen atoms in total. The van der Waals surface area contributed by atoms with E-state index >= 15 is 0 Å². The van der Waals surface area contributed by atoms with E-state index in [1.54, 1.807) is 0 Å². The molecular weight excluding hydrogens is 204 g/mol. The molecule has 0 spiro atoms. The molecule has 0 unspecified atom stereocenters. The Balaban J connectivity index is 1.98. The number of cyclic esters (lactones) is 1. The molecule has 2 rings (SSSR count). The van der Waals surface area contributed by atoms with Crippen molar-refractivity contribution in [2.75, 3.05) is 24.6 Å². The van der Waals surface area contributed by atoms with Gasteiger partial charge in [-0.2, -0.15) is 0 Å². The molecule has 86 valence electrons. The van der Waals surface area contributed by atoms with Gasteiger partial charge in [-0.15, -0.1) is 0 Å². The number of hydrogen-bond acceptors (Lipinski definition) is 3. The first-order valence-electron chi connectivity index (χ1n) is 5.53. The van der Waals surface area contributed by atoms with Crippen molar-refractivity contribution >= 4 is 11.8 Å². The van der Waals surface area contributed by atoms with Gasteiger partial charge in [-0.05, 0) is 19.1 Å². The third kappa shape index (κ3) is 2.45. The highest BCUT2D eigenvalue weighted by Gasteiger charge is 2.23. The molecule has 16 heavy (non-hydrogen) atoms. The van der Waals surface area contributed by atoms with Crippen LogP contribution in [0.4, 0.5) is 10.5 Å². The standard InChI is InChI=1S/C12H16N2O2/c1-2-14(11-6-4-3-5-7-11)8-10-9-16-12(15)13-10/h3-7,10H,2,8-9H2,1H3,(H,13,15)/t10-/m0/s1. The number of ether oxygens (including phenoxy) is 1. The Bertz CT molecular complexity index is 353. The Labute approximate surface area is 95.2 Å². The van der Waals surface area contributed by atoms with Crippen LogP contribution in [0.2, 0.25) is 0 Å². The highest BCUT2D eigenvalue weighted by molar-refractivity contribution is 5.69. The lowest BCUT2D eigenvalue weighted by atomic mass is 10.2. The summed E-state index contributed by atoms with van der Waals surface area (Å²) in [4.78, 5) is 13.1. The fourth-order valence-electron chi connectivity index (χ4n) is 1.85. The number of anilines is 1. The van der Waals surface area contributed by atoms with Crippen LogP contribution in [0.3, 0.4) is 0 Å². The normalized spacial score (nSPS) is 19.1. The van der Waals surface area contributed by atoms with Crippen molar-refractivity contribution in [3.8, 4) is 0 Å². The third-order valence-electron chi connectivity index (χ3n) is 2.68. The van der Waals surface area contributed by atoms with Crippen molar-refractivity contribution in [3.63, 3.8) is 0 Å². The van der Waals surface area contributed by atoms with E-state index in [-0.39, 0.29) is 12.1 Å². The molecule has 1 aliphatic heterocycles. The first-order chi connectivity index (χ1) is 7.79. The minimum Gasteiger partial charge on any atom is -0.447 e. The topological polar surface area (TPSA) is 41.6 Å². The average molecular weight is 220 g/mol. The molecule has 1 heterocycles. The van der Waals surface area contributed by atoms with Crippen molar-refractivity contribution in [1.29, 1.82) is 0 Å². The Hall–Kier alpha value is -1.71. The van der Waals surface area contributed by atoms with E-state index in [0.717, 1.165) is 13.1 Å². The van der Waals surface area contributed by atoms with Crippen molar-refractivity contribution in [2.45, 2.75) is 13.0 Å². The zero-order valence-electron chi connectivity index (χ0n) is 9.35. The number of nitrogens with zero attached hydrogens (tertiary/aromatic N) is 1. The van der Waals surface area contributed by atoms with Crippen molar-refractivity contribution in [1.82, 2.24) is 5.32 Å². The molecule has 0 bridgehead atoms. The number of benzene rings is 1. The van der Waals surface area contributed by atoms with E-state index in [1.165, 1.54) is 5.69 Å². The Morgan fingerprint density at radius 2 is 2.19 bits per heavy atom. The zero-order chi connectivity index (χ0) is 11.4. The number of carbonyl (C=O) groups is 1. The predicted molar refractivity (Wildman–Crippen MR) is 62.6 cm³/mol. The van der Waals surface area contributed by atoms with Gasteiger partial charge < -0.3 is 15.0 Å². The number of carbonyl (C=O) groups excluding carboxylic acids is 1. The minimum absolute atomic E-state index is 0.0904. The van der Waals surface area contributed by atoms with Gasteiger partial charge in [-0.1, -0.05) is 18.2 Å². The molecular formula is C12H16N2O2. The SMILES string of the molecule is CCN(C[C@H]1COC(=O)N1)c1ccccc1. The van der Waals surface area contributed by atoms with E-state index in [9.17, 15) is 4.79 Å². The Morgan fingerprint density at radius 3 is 2.75 bits per heavy atom. The first kappa shape index (κ1) is 10.8. The highest BCUT2D eigenvalue weighted by Crippen LogP contribution is 2.14. The van der Waals surface area contributed by atoms with E-state index in [1.807, 2.05) is 18.2 Å². The van der Waals surface area contributed by atoms with E-state index in [4.69, 9.17) is 4.74 Å². The Morgan fingerprint density at radius 1 is 1.44 bits per heavy atom. The molecule has 4 heteroatoms. The summed E-state index contributed by atoms with van der Waals surface area (Å²) in [6, 6.07) is 10.3. The molecule has 0 saturated carbocycles. The van der Waals surface area contributed by atoms with Crippen LogP contribution in [-0.4, -0.2) is 31.8 Å². The van der Waals surface area contributed by atoms with Gasteiger partial charge in [0.05, 0.1) is 6.04 Å². The van der Waals surface area contributed by atoms with Gasteiger partial charge in [-0.3, -0.25) is 0 Å². The Kier molecular flexibility index (Phi) is 3.29. The van der Waals surface area contributed by atoms with Crippen molar-refractivity contribution in [2.24, 2.45) is 0 Å². The molecule has 1 saturated heterocycles. The number of hydrogen-bond donors (Lipinski definition) is 1. The molecule has 1 amide bonds. The summed E-state index contributed by atoms with van der Waals surface area (Å²) < 4.78 is 4.87. The van der Waals surface area contributed by atoms with Crippen LogP contribution < -0.4 is 10.2 Å². The number of para-hydroxylation sites is 1. The quantitative estimate of drug-likeness (QED) is 0.838. The summed E-state index contributed by atoms with van der Waals surface area (Å²) >= 11 is 0. The summed E-state index contributed by atoms with van der Waals surface area (Å²) in [5, 5.41) is 2.79. The molecule has 1 atom stereocenters. The van der Waals surface area contributed by atoms with Crippen molar-refractivity contribution in [3.05, 3.63) is 30.3 Å². The van der Waals surface area contributed by atoms with Crippen LogP contribution in [-0.2, 0) is 4.74 Å². The summed E-state index contributed by atoms with van der Waals surface area (Å²) in [5.41, 5.74) is 1.17. The lowest BCUT2D eigenvalue weighted by Crippen LogP contribution is -2.39. The summed E-state index contributed by atoms with van der Waals surface area (Å²) in [5.74, 6) is 0. The van der Waals surface area contributed by atoms with Gasteiger partial charge in [0.15, 0.2) is 0 Å².